The van der Waals surface area contributed by atoms with Crippen LogP contribution < -0.4 is 14.8 Å². The quantitative estimate of drug-likeness (QED) is 0.592. The molecule has 3 aliphatic rings. The van der Waals surface area contributed by atoms with E-state index in [1.165, 1.54) is 0 Å². The van der Waals surface area contributed by atoms with E-state index in [0.29, 0.717) is 37.4 Å². The van der Waals surface area contributed by atoms with Gasteiger partial charge in [0.25, 0.3) is 5.91 Å². The van der Waals surface area contributed by atoms with Gasteiger partial charge in [0.2, 0.25) is 18.6 Å². The molecule has 5 rings (SSSR count). The standard InChI is InChI=1S/C28H34N4O5/c1-2-3-10-32-18-22(16-26(32)33)27(34)29-23-7-5-21(6-8-23)28(35)31-13-11-30(12-14-31)17-20-4-9-24-25(15-20)37-19-36-24/h4-9,15,22H,2-3,10-14,16-19H2,1H3,(H,29,34). The minimum Gasteiger partial charge on any atom is -0.454 e. The lowest BCUT2D eigenvalue weighted by Crippen LogP contribution is -2.48. The van der Waals surface area contributed by atoms with Crippen molar-refractivity contribution in [2.24, 2.45) is 5.92 Å². The molecule has 0 radical (unpaired) electrons. The van der Waals surface area contributed by atoms with Crippen LogP contribution in [0.25, 0.3) is 0 Å². The first-order chi connectivity index (χ1) is 18.0. The SMILES string of the molecule is CCCCN1CC(C(=O)Nc2ccc(C(=O)N3CCN(Cc4ccc5c(c4)OCO5)CC3)cc2)CC1=O. The molecule has 3 amide bonds. The van der Waals surface area contributed by atoms with Crippen molar-refractivity contribution in [2.45, 2.75) is 32.7 Å². The van der Waals surface area contributed by atoms with E-state index in [9.17, 15) is 14.4 Å². The largest absolute Gasteiger partial charge is 0.454 e. The number of carbonyl (C=O) groups is 3. The Balaban J connectivity index is 1.09. The second-order valence-corrected chi connectivity index (χ2v) is 9.92. The summed E-state index contributed by atoms with van der Waals surface area (Å²) in [6, 6.07) is 13.0. The summed E-state index contributed by atoms with van der Waals surface area (Å²) in [4.78, 5) is 43.9. The number of ether oxygens (including phenoxy) is 2. The highest BCUT2D eigenvalue weighted by Crippen LogP contribution is 2.33. The number of anilines is 1. The van der Waals surface area contributed by atoms with Crippen molar-refractivity contribution >= 4 is 23.4 Å². The number of likely N-dealkylation sites (tertiary alicyclic amines) is 1. The van der Waals surface area contributed by atoms with Crippen LogP contribution in [0.5, 0.6) is 11.5 Å². The summed E-state index contributed by atoms with van der Waals surface area (Å²) in [7, 11) is 0. The molecule has 1 unspecified atom stereocenters. The molecule has 0 saturated carbocycles. The van der Waals surface area contributed by atoms with Crippen molar-refractivity contribution in [1.29, 1.82) is 0 Å². The van der Waals surface area contributed by atoms with E-state index in [1.807, 2.05) is 17.0 Å². The molecule has 3 aliphatic heterocycles. The summed E-state index contributed by atoms with van der Waals surface area (Å²) in [5.41, 5.74) is 2.40. The molecular formula is C28H34N4O5. The summed E-state index contributed by atoms with van der Waals surface area (Å²) in [6.07, 6.45) is 2.22. The van der Waals surface area contributed by atoms with Crippen LogP contribution in [0.3, 0.4) is 0 Å². The number of rotatable bonds is 8. The number of unbranched alkanes of at least 4 members (excludes halogenated alkanes) is 1. The molecule has 2 aromatic rings. The van der Waals surface area contributed by atoms with Gasteiger partial charge in [0.1, 0.15) is 0 Å². The molecular weight excluding hydrogens is 472 g/mol. The van der Waals surface area contributed by atoms with E-state index in [-0.39, 0.29) is 36.9 Å². The third-order valence-corrected chi connectivity index (χ3v) is 7.27. The van der Waals surface area contributed by atoms with Gasteiger partial charge in [-0.05, 0) is 48.4 Å². The predicted octanol–water partition coefficient (Wildman–Crippen LogP) is 2.96. The van der Waals surface area contributed by atoms with Crippen LogP contribution in [0.4, 0.5) is 5.69 Å². The molecule has 37 heavy (non-hydrogen) atoms. The Morgan fingerprint density at radius 3 is 2.51 bits per heavy atom. The van der Waals surface area contributed by atoms with Gasteiger partial charge in [-0.1, -0.05) is 19.4 Å². The van der Waals surface area contributed by atoms with Crippen LogP contribution in [-0.2, 0) is 16.1 Å². The van der Waals surface area contributed by atoms with Crippen LogP contribution in [0.1, 0.15) is 42.1 Å². The summed E-state index contributed by atoms with van der Waals surface area (Å²) in [5.74, 6) is 1.13. The third kappa shape index (κ3) is 5.88. The Morgan fingerprint density at radius 2 is 1.76 bits per heavy atom. The Hall–Kier alpha value is -3.59. The zero-order valence-electron chi connectivity index (χ0n) is 21.3. The van der Waals surface area contributed by atoms with Gasteiger partial charge in [-0.15, -0.1) is 0 Å². The van der Waals surface area contributed by atoms with Crippen LogP contribution in [0, 0.1) is 5.92 Å². The van der Waals surface area contributed by atoms with Gasteiger partial charge in [0, 0.05) is 63.5 Å². The molecule has 0 aromatic heterocycles. The number of nitrogens with one attached hydrogen (secondary N) is 1. The number of fused-ring (bicyclic) bond motifs is 1. The fraction of sp³-hybridized carbons (Fsp3) is 0.464. The monoisotopic (exact) mass is 506 g/mol. The highest BCUT2D eigenvalue weighted by molar-refractivity contribution is 5.98. The van der Waals surface area contributed by atoms with Gasteiger partial charge in [-0.25, -0.2) is 0 Å². The van der Waals surface area contributed by atoms with E-state index in [4.69, 9.17) is 9.47 Å². The summed E-state index contributed by atoms with van der Waals surface area (Å²) < 4.78 is 10.9. The van der Waals surface area contributed by atoms with Crippen molar-refractivity contribution in [3.8, 4) is 11.5 Å². The average Bonchev–Trinajstić information content (AvgIpc) is 3.54. The lowest BCUT2D eigenvalue weighted by Gasteiger charge is -2.34. The number of piperazine rings is 1. The van der Waals surface area contributed by atoms with E-state index in [0.717, 1.165) is 49.5 Å². The Bertz CT molecular complexity index is 1140. The van der Waals surface area contributed by atoms with Gasteiger partial charge in [0.15, 0.2) is 11.5 Å². The molecule has 2 aromatic carbocycles. The van der Waals surface area contributed by atoms with Crippen molar-refractivity contribution in [1.82, 2.24) is 14.7 Å². The van der Waals surface area contributed by atoms with E-state index in [2.05, 4.69) is 23.2 Å². The molecule has 3 heterocycles. The molecule has 1 N–H and O–H groups in total. The normalized spacial score (nSPS) is 19.4. The van der Waals surface area contributed by atoms with Gasteiger partial charge in [-0.3, -0.25) is 19.3 Å². The molecule has 9 nitrogen and oxygen atoms in total. The van der Waals surface area contributed by atoms with Gasteiger partial charge in [0.05, 0.1) is 5.92 Å². The van der Waals surface area contributed by atoms with E-state index >= 15 is 0 Å². The van der Waals surface area contributed by atoms with Gasteiger partial charge >= 0.3 is 0 Å². The van der Waals surface area contributed by atoms with Crippen molar-refractivity contribution in [2.75, 3.05) is 51.4 Å². The summed E-state index contributed by atoms with van der Waals surface area (Å²) in [6.45, 7) is 7.25. The summed E-state index contributed by atoms with van der Waals surface area (Å²) in [5, 5.41) is 2.91. The van der Waals surface area contributed by atoms with Crippen LogP contribution in [-0.4, -0.2) is 78.5 Å². The van der Waals surface area contributed by atoms with Crippen LogP contribution in [0.2, 0.25) is 0 Å². The van der Waals surface area contributed by atoms with E-state index in [1.54, 1.807) is 29.2 Å². The number of hydrogen-bond acceptors (Lipinski definition) is 6. The molecule has 2 saturated heterocycles. The molecule has 0 aliphatic carbocycles. The Labute approximate surface area is 217 Å². The average molecular weight is 507 g/mol. The first kappa shape index (κ1) is 25.1. The molecule has 2 fully saturated rings. The number of benzene rings is 2. The maximum Gasteiger partial charge on any atom is 0.253 e. The highest BCUT2D eigenvalue weighted by atomic mass is 16.7. The van der Waals surface area contributed by atoms with Crippen molar-refractivity contribution < 1.29 is 23.9 Å². The predicted molar refractivity (Wildman–Crippen MR) is 138 cm³/mol. The Kier molecular flexibility index (Phi) is 7.60. The topological polar surface area (TPSA) is 91.4 Å². The first-order valence-electron chi connectivity index (χ1n) is 13.1. The number of carbonyl (C=O) groups excluding carboxylic acids is 3. The van der Waals surface area contributed by atoms with Gasteiger partial charge < -0.3 is 24.6 Å². The van der Waals surface area contributed by atoms with Gasteiger partial charge in [-0.2, -0.15) is 0 Å². The minimum atomic E-state index is -0.334. The molecule has 196 valence electrons. The van der Waals surface area contributed by atoms with Crippen molar-refractivity contribution in [3.05, 3.63) is 53.6 Å². The lowest BCUT2D eigenvalue weighted by molar-refractivity contribution is -0.128. The van der Waals surface area contributed by atoms with Crippen LogP contribution >= 0.6 is 0 Å². The third-order valence-electron chi connectivity index (χ3n) is 7.27. The second kappa shape index (κ2) is 11.2. The highest BCUT2D eigenvalue weighted by Gasteiger charge is 2.34. The number of nitrogens with zero attached hydrogens (tertiary/aromatic N) is 3. The molecule has 0 spiro atoms. The first-order valence-corrected chi connectivity index (χ1v) is 13.1. The maximum atomic E-state index is 13.0. The zero-order valence-corrected chi connectivity index (χ0v) is 21.3. The number of hydrogen-bond donors (Lipinski definition) is 1. The minimum absolute atomic E-state index is 0.00596. The zero-order chi connectivity index (χ0) is 25.8. The smallest absolute Gasteiger partial charge is 0.253 e. The number of amides is 3. The molecule has 0 bridgehead atoms. The summed E-state index contributed by atoms with van der Waals surface area (Å²) >= 11 is 0. The maximum absolute atomic E-state index is 13.0. The molecule has 9 heteroatoms. The van der Waals surface area contributed by atoms with Crippen LogP contribution in [0.15, 0.2) is 42.5 Å². The fourth-order valence-electron chi connectivity index (χ4n) is 5.04. The van der Waals surface area contributed by atoms with E-state index < -0.39 is 0 Å². The van der Waals surface area contributed by atoms with Crippen molar-refractivity contribution in [3.63, 3.8) is 0 Å². The fourth-order valence-corrected chi connectivity index (χ4v) is 5.04. The molecule has 1 atom stereocenters. The Morgan fingerprint density at radius 1 is 1.00 bits per heavy atom. The lowest BCUT2D eigenvalue weighted by atomic mass is 10.1. The second-order valence-electron chi connectivity index (χ2n) is 9.92.